The minimum Gasteiger partial charge on any atom is -0.355 e. The summed E-state index contributed by atoms with van der Waals surface area (Å²) in [6, 6.07) is 5.97. The molecule has 10 heteroatoms. The summed E-state index contributed by atoms with van der Waals surface area (Å²) >= 11 is 0. The van der Waals surface area contributed by atoms with E-state index >= 15 is 0 Å². The van der Waals surface area contributed by atoms with Crippen molar-refractivity contribution in [2.75, 3.05) is 52.4 Å². The molecule has 2 amide bonds. The van der Waals surface area contributed by atoms with Gasteiger partial charge in [-0.05, 0) is 38.8 Å². The van der Waals surface area contributed by atoms with Crippen molar-refractivity contribution in [3.63, 3.8) is 0 Å². The predicted octanol–water partition coefficient (Wildman–Crippen LogP) is 0.570. The predicted molar refractivity (Wildman–Crippen MR) is 120 cm³/mol. The zero-order valence-corrected chi connectivity index (χ0v) is 19.6. The van der Waals surface area contributed by atoms with Crippen LogP contribution in [0.3, 0.4) is 0 Å². The van der Waals surface area contributed by atoms with Crippen LogP contribution in [0.5, 0.6) is 0 Å². The van der Waals surface area contributed by atoms with Gasteiger partial charge < -0.3 is 10.2 Å². The SMILES string of the molecule is CCNC(=O)CN1CCN(C(=O)C2CCN(S(=O)(=O)c3ccc(C(C)=O)cc3)CC2)CC1. The molecule has 32 heavy (non-hydrogen) atoms. The maximum Gasteiger partial charge on any atom is 0.243 e. The van der Waals surface area contributed by atoms with Gasteiger partial charge in [-0.1, -0.05) is 12.1 Å². The minimum atomic E-state index is -3.65. The van der Waals surface area contributed by atoms with Crippen LogP contribution in [0.2, 0.25) is 0 Å². The van der Waals surface area contributed by atoms with Crippen LogP contribution in [0.15, 0.2) is 29.2 Å². The normalized spacial score (nSPS) is 19.0. The number of nitrogens with one attached hydrogen (secondary N) is 1. The molecule has 9 nitrogen and oxygen atoms in total. The summed E-state index contributed by atoms with van der Waals surface area (Å²) in [6.45, 7) is 7.35. The third kappa shape index (κ3) is 5.73. The molecule has 2 aliphatic heterocycles. The molecule has 2 aliphatic rings. The number of carbonyl (C=O) groups is 3. The highest BCUT2D eigenvalue weighted by Gasteiger charge is 2.34. The molecule has 0 aliphatic carbocycles. The fourth-order valence-corrected chi connectivity index (χ4v) is 5.66. The average Bonchev–Trinajstić information content (AvgIpc) is 2.79. The lowest BCUT2D eigenvalue weighted by Gasteiger charge is -2.38. The zero-order chi connectivity index (χ0) is 23.3. The number of likely N-dealkylation sites (N-methyl/N-ethyl adjacent to an activating group) is 1. The lowest BCUT2D eigenvalue weighted by Crippen LogP contribution is -2.53. The van der Waals surface area contributed by atoms with Gasteiger partial charge >= 0.3 is 0 Å². The van der Waals surface area contributed by atoms with Crippen LogP contribution in [0, 0.1) is 5.92 Å². The number of carbonyl (C=O) groups excluding carboxylic acids is 3. The van der Waals surface area contributed by atoms with Crippen molar-refractivity contribution < 1.29 is 22.8 Å². The van der Waals surface area contributed by atoms with Gasteiger partial charge in [-0.25, -0.2) is 8.42 Å². The van der Waals surface area contributed by atoms with Gasteiger partial charge in [0.15, 0.2) is 5.78 Å². The molecule has 2 fully saturated rings. The monoisotopic (exact) mass is 464 g/mol. The number of sulfonamides is 1. The summed E-state index contributed by atoms with van der Waals surface area (Å²) in [5, 5.41) is 2.78. The van der Waals surface area contributed by atoms with Gasteiger partial charge in [0.25, 0.3) is 0 Å². The van der Waals surface area contributed by atoms with Gasteiger partial charge in [0.1, 0.15) is 0 Å². The number of piperidine rings is 1. The van der Waals surface area contributed by atoms with Gasteiger partial charge in [0.05, 0.1) is 11.4 Å². The standard InChI is InChI=1S/C22H32N4O5S/c1-3-23-21(28)16-24-12-14-25(15-13-24)22(29)19-8-10-26(11-9-19)32(30,31)20-6-4-18(5-7-20)17(2)27/h4-7,19H,3,8-16H2,1-2H3,(H,23,28). The molecule has 3 rings (SSSR count). The van der Waals surface area contributed by atoms with Crippen LogP contribution in [0.4, 0.5) is 0 Å². The molecular formula is C22H32N4O5S. The molecule has 0 bridgehead atoms. The Morgan fingerprint density at radius 2 is 1.56 bits per heavy atom. The largest absolute Gasteiger partial charge is 0.355 e. The molecular weight excluding hydrogens is 432 g/mol. The maximum atomic E-state index is 12.9. The first-order valence-corrected chi connectivity index (χ1v) is 12.6. The van der Waals surface area contributed by atoms with Gasteiger partial charge in [0.2, 0.25) is 21.8 Å². The van der Waals surface area contributed by atoms with Crippen molar-refractivity contribution in [1.29, 1.82) is 0 Å². The Kier molecular flexibility index (Phi) is 8.02. The van der Waals surface area contributed by atoms with E-state index in [2.05, 4.69) is 5.32 Å². The third-order valence-corrected chi connectivity index (χ3v) is 8.04. The van der Waals surface area contributed by atoms with Crippen molar-refractivity contribution in [2.45, 2.75) is 31.6 Å². The molecule has 0 saturated carbocycles. The second-order valence-corrected chi connectivity index (χ2v) is 10.3. The lowest BCUT2D eigenvalue weighted by atomic mass is 9.96. The van der Waals surface area contributed by atoms with Crippen LogP contribution < -0.4 is 5.32 Å². The topological polar surface area (TPSA) is 107 Å². The summed E-state index contributed by atoms with van der Waals surface area (Å²) in [4.78, 5) is 40.1. The van der Waals surface area contributed by atoms with E-state index < -0.39 is 10.0 Å². The maximum absolute atomic E-state index is 12.9. The van der Waals surface area contributed by atoms with E-state index in [0.717, 1.165) is 0 Å². The van der Waals surface area contributed by atoms with Gasteiger partial charge in [-0.2, -0.15) is 4.31 Å². The minimum absolute atomic E-state index is 0.00297. The molecule has 0 unspecified atom stereocenters. The molecule has 0 spiro atoms. The molecule has 0 atom stereocenters. The summed E-state index contributed by atoms with van der Waals surface area (Å²) < 4.78 is 27.3. The average molecular weight is 465 g/mol. The van der Waals surface area contributed by atoms with Gasteiger partial charge in [0, 0.05) is 57.3 Å². The van der Waals surface area contributed by atoms with Crippen LogP contribution in [0.25, 0.3) is 0 Å². The number of piperazine rings is 1. The summed E-state index contributed by atoms with van der Waals surface area (Å²) in [7, 11) is -3.65. The van der Waals surface area contributed by atoms with E-state index in [1.54, 1.807) is 0 Å². The molecule has 1 aromatic carbocycles. The quantitative estimate of drug-likeness (QED) is 0.592. The van der Waals surface area contributed by atoms with Crippen molar-refractivity contribution in [3.05, 3.63) is 29.8 Å². The smallest absolute Gasteiger partial charge is 0.243 e. The van der Waals surface area contributed by atoms with E-state index in [0.29, 0.717) is 70.8 Å². The number of hydrogen-bond acceptors (Lipinski definition) is 6. The Balaban J connectivity index is 1.50. The second kappa shape index (κ2) is 10.5. The van der Waals surface area contributed by atoms with Crippen molar-refractivity contribution in [1.82, 2.24) is 19.4 Å². The van der Waals surface area contributed by atoms with Crippen LogP contribution >= 0.6 is 0 Å². The van der Waals surface area contributed by atoms with Gasteiger partial charge in [-0.15, -0.1) is 0 Å². The first kappa shape index (κ1) is 24.3. The number of ketones is 1. The molecule has 176 valence electrons. The summed E-state index contributed by atoms with van der Waals surface area (Å²) in [5.74, 6) is -0.225. The summed E-state index contributed by atoms with van der Waals surface area (Å²) in [5.41, 5.74) is 0.472. The number of benzene rings is 1. The van der Waals surface area contributed by atoms with Crippen molar-refractivity contribution in [3.8, 4) is 0 Å². The van der Waals surface area contributed by atoms with Crippen LogP contribution in [-0.4, -0.2) is 92.5 Å². The van der Waals surface area contributed by atoms with E-state index in [-0.39, 0.29) is 28.4 Å². The van der Waals surface area contributed by atoms with Gasteiger partial charge in [-0.3, -0.25) is 19.3 Å². The van der Waals surface area contributed by atoms with Crippen LogP contribution in [0.1, 0.15) is 37.0 Å². The Morgan fingerprint density at radius 3 is 2.09 bits per heavy atom. The van der Waals surface area contributed by atoms with E-state index in [9.17, 15) is 22.8 Å². The fourth-order valence-electron chi connectivity index (χ4n) is 4.19. The molecule has 2 saturated heterocycles. The van der Waals surface area contributed by atoms with E-state index in [4.69, 9.17) is 0 Å². The van der Waals surface area contributed by atoms with E-state index in [1.165, 1.54) is 35.5 Å². The van der Waals surface area contributed by atoms with E-state index in [1.807, 2.05) is 16.7 Å². The Bertz CT molecular complexity index is 932. The first-order valence-electron chi connectivity index (χ1n) is 11.1. The number of nitrogens with zero attached hydrogens (tertiary/aromatic N) is 3. The lowest BCUT2D eigenvalue weighted by molar-refractivity contribution is -0.138. The summed E-state index contributed by atoms with van der Waals surface area (Å²) in [6.07, 6.45) is 0.978. The number of rotatable bonds is 7. The molecule has 0 aromatic heterocycles. The van der Waals surface area contributed by atoms with Crippen LogP contribution in [-0.2, 0) is 19.6 Å². The highest BCUT2D eigenvalue weighted by molar-refractivity contribution is 7.89. The highest BCUT2D eigenvalue weighted by atomic mass is 32.2. The fraction of sp³-hybridized carbons (Fsp3) is 0.591. The number of Topliss-reactive ketones (excluding diaryl/α,β-unsaturated/α-hetero) is 1. The highest BCUT2D eigenvalue weighted by Crippen LogP contribution is 2.26. The Hall–Kier alpha value is -2.30. The first-order chi connectivity index (χ1) is 15.2. The number of amides is 2. The Morgan fingerprint density at radius 1 is 0.969 bits per heavy atom. The third-order valence-electron chi connectivity index (χ3n) is 6.13. The molecule has 1 N–H and O–H groups in total. The molecule has 1 aromatic rings. The number of hydrogen-bond donors (Lipinski definition) is 1. The zero-order valence-electron chi connectivity index (χ0n) is 18.7. The van der Waals surface area contributed by atoms with Crippen molar-refractivity contribution >= 4 is 27.6 Å². The molecule has 0 radical (unpaired) electrons. The molecule has 2 heterocycles. The Labute approximate surface area is 189 Å². The second-order valence-electron chi connectivity index (χ2n) is 8.31. The van der Waals surface area contributed by atoms with Crippen molar-refractivity contribution in [2.24, 2.45) is 5.92 Å².